The predicted molar refractivity (Wildman–Crippen MR) is 127 cm³/mol. The maximum atomic E-state index is 13.0. The molecule has 0 spiro atoms. The Morgan fingerprint density at radius 1 is 1.16 bits per heavy atom. The van der Waals surface area contributed by atoms with E-state index < -0.39 is 10.0 Å². The predicted octanol–water partition coefficient (Wildman–Crippen LogP) is 3.70. The topological polar surface area (TPSA) is 93.4 Å². The van der Waals surface area contributed by atoms with Crippen molar-refractivity contribution in [2.45, 2.75) is 43.9 Å². The third-order valence-corrected chi connectivity index (χ3v) is 7.69. The molecule has 1 unspecified atom stereocenters. The molecule has 3 rings (SSSR count). The summed E-state index contributed by atoms with van der Waals surface area (Å²) in [6.45, 7) is 4.15. The highest BCUT2D eigenvalue weighted by Gasteiger charge is 2.26. The van der Waals surface area contributed by atoms with E-state index in [1.807, 2.05) is 36.4 Å². The van der Waals surface area contributed by atoms with Crippen molar-refractivity contribution in [3.63, 3.8) is 0 Å². The number of aryl methyl sites for hydroxylation is 1. The number of aliphatic hydroxyl groups excluding tert-OH is 1. The number of sulfonamides is 1. The molecule has 0 aromatic heterocycles. The summed E-state index contributed by atoms with van der Waals surface area (Å²) in [4.78, 5) is 2.17. The Kier molecular flexibility index (Phi) is 8.68. The van der Waals surface area contributed by atoms with Gasteiger partial charge in [-0.3, -0.25) is 0 Å². The van der Waals surface area contributed by atoms with Crippen LogP contribution in [0.5, 0.6) is 0 Å². The number of benzene rings is 2. The van der Waals surface area contributed by atoms with Gasteiger partial charge in [0.2, 0.25) is 10.0 Å². The average Bonchev–Trinajstić information content (AvgIpc) is 2.82. The van der Waals surface area contributed by atoms with Gasteiger partial charge in [-0.05, 0) is 61.6 Å². The normalized spacial score (nSPS) is 16.0. The van der Waals surface area contributed by atoms with Gasteiger partial charge in [0.05, 0.1) is 11.3 Å². The number of nitrogens with one attached hydrogen (secondary N) is 1. The summed E-state index contributed by atoms with van der Waals surface area (Å²) < 4.78 is 28.6. The van der Waals surface area contributed by atoms with E-state index in [9.17, 15) is 18.8 Å². The molecular formula is C25H33N3O3S. The largest absolute Gasteiger partial charge is 0.396 e. The number of piperidine rings is 1. The van der Waals surface area contributed by atoms with Crippen LogP contribution in [-0.4, -0.2) is 39.8 Å². The van der Waals surface area contributed by atoms with Gasteiger partial charge in [-0.25, -0.2) is 13.1 Å². The highest BCUT2D eigenvalue weighted by molar-refractivity contribution is 7.89. The first-order valence-electron chi connectivity index (χ1n) is 11.4. The van der Waals surface area contributed by atoms with Crippen LogP contribution in [0.1, 0.15) is 43.7 Å². The minimum atomic E-state index is -3.78. The number of rotatable bonds is 10. The zero-order chi connectivity index (χ0) is 23.0. The Morgan fingerprint density at radius 3 is 2.53 bits per heavy atom. The second kappa shape index (κ2) is 11.5. The lowest BCUT2D eigenvalue weighted by atomic mass is 9.88. The van der Waals surface area contributed by atoms with Crippen molar-refractivity contribution in [2.75, 3.05) is 31.1 Å². The minimum absolute atomic E-state index is 0.0493. The number of hydrogen-bond donors (Lipinski definition) is 2. The number of nitriles is 1. The molecule has 7 heteroatoms. The lowest BCUT2D eigenvalue weighted by Crippen LogP contribution is -2.35. The molecule has 1 aliphatic rings. The molecule has 1 heterocycles. The maximum Gasteiger partial charge on any atom is 0.241 e. The van der Waals surface area contributed by atoms with E-state index in [2.05, 4.69) is 22.6 Å². The minimum Gasteiger partial charge on any atom is -0.396 e. The quantitative estimate of drug-likeness (QED) is 0.533. The van der Waals surface area contributed by atoms with Crippen molar-refractivity contribution in [1.29, 1.82) is 5.26 Å². The van der Waals surface area contributed by atoms with Gasteiger partial charge in [-0.1, -0.05) is 43.3 Å². The SMILES string of the molecule is CC(CO)CC1CCN(c2cccc(S(=O)(=O)NCCCc3ccccc3)c2C#N)CC1. The summed E-state index contributed by atoms with van der Waals surface area (Å²) in [5, 5.41) is 19.1. The van der Waals surface area contributed by atoms with Crippen LogP contribution in [0.4, 0.5) is 5.69 Å². The maximum absolute atomic E-state index is 13.0. The average molecular weight is 456 g/mol. The molecule has 6 nitrogen and oxygen atoms in total. The number of hydrogen-bond acceptors (Lipinski definition) is 5. The van der Waals surface area contributed by atoms with Gasteiger partial charge < -0.3 is 10.0 Å². The zero-order valence-corrected chi connectivity index (χ0v) is 19.5. The first kappa shape index (κ1) is 24.2. The Labute approximate surface area is 191 Å². The lowest BCUT2D eigenvalue weighted by molar-refractivity contribution is 0.203. The van der Waals surface area contributed by atoms with Crippen LogP contribution in [0.15, 0.2) is 53.4 Å². The fraction of sp³-hybridized carbons (Fsp3) is 0.480. The third-order valence-electron chi connectivity index (χ3n) is 6.19. The smallest absolute Gasteiger partial charge is 0.241 e. The first-order chi connectivity index (χ1) is 15.4. The van der Waals surface area contributed by atoms with Crippen LogP contribution in [-0.2, 0) is 16.4 Å². The summed E-state index contributed by atoms with van der Waals surface area (Å²) in [6.07, 6.45) is 4.42. The van der Waals surface area contributed by atoms with Crippen LogP contribution in [0.2, 0.25) is 0 Å². The summed E-state index contributed by atoms with van der Waals surface area (Å²) in [5.74, 6) is 0.847. The molecule has 2 aromatic rings. The van der Waals surface area contributed by atoms with Gasteiger partial charge >= 0.3 is 0 Å². The highest BCUT2D eigenvalue weighted by atomic mass is 32.2. The molecule has 1 aliphatic heterocycles. The highest BCUT2D eigenvalue weighted by Crippen LogP contribution is 2.31. The Hall–Kier alpha value is -2.40. The van der Waals surface area contributed by atoms with Gasteiger partial charge in [-0.2, -0.15) is 5.26 Å². The van der Waals surface area contributed by atoms with Crippen molar-refractivity contribution >= 4 is 15.7 Å². The zero-order valence-electron chi connectivity index (χ0n) is 18.7. The second-order valence-corrected chi connectivity index (χ2v) is 10.4. The van der Waals surface area contributed by atoms with Crippen LogP contribution in [0.25, 0.3) is 0 Å². The third kappa shape index (κ3) is 6.32. The van der Waals surface area contributed by atoms with E-state index in [1.54, 1.807) is 6.07 Å². The van der Waals surface area contributed by atoms with E-state index in [1.165, 1.54) is 11.6 Å². The summed E-state index contributed by atoms with van der Waals surface area (Å²) in [6, 6.07) is 17.2. The van der Waals surface area contributed by atoms with Crippen molar-refractivity contribution in [1.82, 2.24) is 4.72 Å². The van der Waals surface area contributed by atoms with Crippen LogP contribution in [0.3, 0.4) is 0 Å². The van der Waals surface area contributed by atoms with Gasteiger partial charge in [0.25, 0.3) is 0 Å². The van der Waals surface area contributed by atoms with E-state index in [-0.39, 0.29) is 17.1 Å². The molecular weight excluding hydrogens is 422 g/mol. The summed E-state index contributed by atoms with van der Waals surface area (Å²) in [7, 11) is -3.78. The van der Waals surface area contributed by atoms with Crippen LogP contribution >= 0.6 is 0 Å². The van der Waals surface area contributed by atoms with Crippen molar-refractivity contribution in [3.8, 4) is 6.07 Å². The molecule has 2 N–H and O–H groups in total. The van der Waals surface area contributed by atoms with Gasteiger partial charge in [-0.15, -0.1) is 0 Å². The molecule has 0 amide bonds. The van der Waals surface area contributed by atoms with Gasteiger partial charge in [0.1, 0.15) is 11.0 Å². The fourth-order valence-electron chi connectivity index (χ4n) is 4.39. The monoisotopic (exact) mass is 455 g/mol. The summed E-state index contributed by atoms with van der Waals surface area (Å²) >= 11 is 0. The van der Waals surface area contributed by atoms with E-state index in [0.29, 0.717) is 30.5 Å². The van der Waals surface area contributed by atoms with Gasteiger partial charge in [0, 0.05) is 26.2 Å². The van der Waals surface area contributed by atoms with Crippen molar-refractivity contribution < 1.29 is 13.5 Å². The molecule has 1 fully saturated rings. The van der Waals surface area contributed by atoms with Crippen molar-refractivity contribution in [3.05, 3.63) is 59.7 Å². The van der Waals surface area contributed by atoms with E-state index >= 15 is 0 Å². The number of nitrogens with zero attached hydrogens (tertiary/aromatic N) is 2. The Balaban J connectivity index is 1.65. The molecule has 2 aromatic carbocycles. The molecule has 0 saturated carbocycles. The van der Waals surface area contributed by atoms with Crippen molar-refractivity contribution in [2.24, 2.45) is 11.8 Å². The van der Waals surface area contributed by atoms with E-state index in [4.69, 9.17) is 0 Å². The molecule has 0 bridgehead atoms. The Bertz CT molecular complexity index is 1010. The fourth-order valence-corrected chi connectivity index (χ4v) is 5.64. The van der Waals surface area contributed by atoms with E-state index in [0.717, 1.165) is 38.8 Å². The lowest BCUT2D eigenvalue weighted by Gasteiger charge is -2.35. The van der Waals surface area contributed by atoms with Crippen LogP contribution in [0, 0.1) is 23.2 Å². The molecule has 0 aliphatic carbocycles. The molecule has 1 saturated heterocycles. The number of aliphatic hydroxyl groups is 1. The first-order valence-corrected chi connectivity index (χ1v) is 12.9. The molecule has 1 atom stereocenters. The summed E-state index contributed by atoms with van der Waals surface area (Å²) in [5.41, 5.74) is 2.07. The standard InChI is InChI=1S/C25H33N3O3S/c1-20(19-29)17-22-12-15-28(16-13-22)24-10-5-11-25(23(24)18-26)32(30,31)27-14-6-9-21-7-3-2-4-8-21/h2-5,7-8,10-11,20,22,27,29H,6,9,12-17,19H2,1H3. The van der Waals surface area contributed by atoms with Gasteiger partial charge in [0.15, 0.2) is 0 Å². The molecule has 32 heavy (non-hydrogen) atoms. The molecule has 172 valence electrons. The molecule has 0 radical (unpaired) electrons. The second-order valence-electron chi connectivity index (χ2n) is 8.70. The Morgan fingerprint density at radius 2 is 1.88 bits per heavy atom. The number of anilines is 1. The van der Waals surface area contributed by atoms with Crippen LogP contribution < -0.4 is 9.62 Å².